The van der Waals surface area contributed by atoms with E-state index in [2.05, 4.69) is 27.4 Å². The van der Waals surface area contributed by atoms with Crippen LogP contribution >= 0.6 is 0 Å². The molecular weight excluding hydrogens is 414 g/mol. The first-order valence-corrected chi connectivity index (χ1v) is 11.1. The van der Waals surface area contributed by atoms with Crippen molar-refractivity contribution >= 4 is 17.1 Å². The fraction of sp³-hybridized carbons (Fsp3) is 0.417. The molecule has 1 aromatic carbocycles. The number of fused-ring (bicyclic) bond motifs is 1. The van der Waals surface area contributed by atoms with Gasteiger partial charge in [-0.3, -0.25) is 4.79 Å². The van der Waals surface area contributed by atoms with E-state index < -0.39 is 11.6 Å². The van der Waals surface area contributed by atoms with Crippen LogP contribution in [0.3, 0.4) is 0 Å². The fourth-order valence-electron chi connectivity index (χ4n) is 4.30. The van der Waals surface area contributed by atoms with Gasteiger partial charge in [0.05, 0.1) is 23.4 Å². The number of pyridine rings is 1. The van der Waals surface area contributed by atoms with Crippen LogP contribution in [0.2, 0.25) is 0 Å². The summed E-state index contributed by atoms with van der Waals surface area (Å²) in [5.41, 5.74) is 2.60. The van der Waals surface area contributed by atoms with Crippen LogP contribution in [0.25, 0.3) is 5.52 Å². The molecule has 170 valence electrons. The summed E-state index contributed by atoms with van der Waals surface area (Å²) in [6.45, 7) is 2.15. The van der Waals surface area contributed by atoms with Gasteiger partial charge in [-0.15, -0.1) is 0 Å². The van der Waals surface area contributed by atoms with Crippen LogP contribution in [0.5, 0.6) is 0 Å². The molecule has 3 aromatic rings. The second kappa shape index (κ2) is 10.1. The first kappa shape index (κ1) is 22.2. The number of carbonyl (C=O) groups is 1. The third kappa shape index (κ3) is 5.43. The van der Waals surface area contributed by atoms with E-state index >= 15 is 0 Å². The van der Waals surface area contributed by atoms with E-state index in [-0.39, 0.29) is 18.1 Å². The van der Waals surface area contributed by atoms with Crippen molar-refractivity contribution in [3.63, 3.8) is 0 Å². The molecule has 3 heterocycles. The summed E-state index contributed by atoms with van der Waals surface area (Å²) in [6.07, 6.45) is 9.08. The highest BCUT2D eigenvalue weighted by atomic mass is 19.1. The van der Waals surface area contributed by atoms with Gasteiger partial charge in [0.2, 0.25) is 0 Å². The molecule has 2 atom stereocenters. The van der Waals surface area contributed by atoms with Gasteiger partial charge in [0, 0.05) is 31.0 Å². The first-order valence-electron chi connectivity index (χ1n) is 11.1. The lowest BCUT2D eigenvalue weighted by molar-refractivity contribution is 0.0851. The second-order valence-electron chi connectivity index (χ2n) is 8.39. The van der Waals surface area contributed by atoms with E-state index in [1.165, 1.54) is 12.8 Å². The summed E-state index contributed by atoms with van der Waals surface area (Å²) in [7, 11) is 0. The fourth-order valence-corrected chi connectivity index (χ4v) is 4.30. The minimum absolute atomic E-state index is 0.0537. The molecule has 1 saturated carbocycles. The largest absolute Gasteiger partial charge is 0.393 e. The number of aliphatic hydroxyl groups is 1. The molecule has 6 nitrogen and oxygen atoms in total. The van der Waals surface area contributed by atoms with Crippen LogP contribution in [0.4, 0.5) is 14.5 Å². The Labute approximate surface area is 185 Å². The van der Waals surface area contributed by atoms with Crippen molar-refractivity contribution in [3.8, 4) is 0 Å². The lowest BCUT2D eigenvalue weighted by atomic mass is 9.93. The smallest absolute Gasteiger partial charge is 0.255 e. The molecule has 0 radical (unpaired) electrons. The van der Waals surface area contributed by atoms with Crippen molar-refractivity contribution in [2.24, 2.45) is 0 Å². The number of amides is 1. The molecule has 0 spiro atoms. The number of nitrogens with zero attached hydrogens (tertiary/aromatic N) is 3. The van der Waals surface area contributed by atoms with Crippen molar-refractivity contribution in [2.45, 2.75) is 50.7 Å². The molecule has 8 heteroatoms. The molecule has 0 bridgehead atoms. The maximum atomic E-state index is 12.7. The number of anilines is 1. The summed E-state index contributed by atoms with van der Waals surface area (Å²) in [6, 6.07) is 8.49. The number of rotatable bonds is 3. The summed E-state index contributed by atoms with van der Waals surface area (Å²) >= 11 is 0. The molecule has 32 heavy (non-hydrogen) atoms. The summed E-state index contributed by atoms with van der Waals surface area (Å²) in [5.74, 6) is -0.916. The van der Waals surface area contributed by atoms with E-state index in [0.29, 0.717) is 12.0 Å². The molecule has 2 N–H and O–H groups in total. The van der Waals surface area contributed by atoms with Gasteiger partial charge in [-0.25, -0.2) is 13.3 Å². The van der Waals surface area contributed by atoms with Gasteiger partial charge < -0.3 is 15.3 Å². The Hall–Kier alpha value is -3.00. The number of hydrogen-bond acceptors (Lipinski definition) is 4. The van der Waals surface area contributed by atoms with Crippen molar-refractivity contribution in [1.29, 1.82) is 0 Å². The van der Waals surface area contributed by atoms with E-state index in [9.17, 15) is 18.7 Å². The van der Waals surface area contributed by atoms with Gasteiger partial charge in [0.25, 0.3) is 5.91 Å². The predicted molar refractivity (Wildman–Crippen MR) is 119 cm³/mol. The molecule has 1 aliphatic heterocycles. The lowest BCUT2D eigenvalue weighted by Crippen LogP contribution is -2.39. The molecule has 5 rings (SSSR count). The quantitative estimate of drug-likeness (QED) is 0.645. The summed E-state index contributed by atoms with van der Waals surface area (Å²) in [5, 5.41) is 17.1. The standard InChI is InChI=1S/C18H24N4O2.C6H4F2/c23-15-5-3-4-13(10-15)20-18(24)16-12-19-22-9-6-14(11-17(16)22)21-7-1-2-8-21;7-5-1-2-6(8)4-3-5/h6,9,11-13,15,23H,1-5,7-8,10H2,(H,20,24);1-4H. The SMILES string of the molecule is Fc1ccc(F)cc1.O=C(NC1CCCC(O)C1)c1cnn2ccc(N3CCCC3)cc12. The van der Waals surface area contributed by atoms with Crippen LogP contribution in [0.1, 0.15) is 48.9 Å². The van der Waals surface area contributed by atoms with Gasteiger partial charge in [-0.2, -0.15) is 5.10 Å². The predicted octanol–water partition coefficient (Wildman–Crippen LogP) is 3.93. The highest BCUT2D eigenvalue weighted by molar-refractivity contribution is 6.01. The minimum Gasteiger partial charge on any atom is -0.393 e. The average Bonchev–Trinajstić information content (AvgIpc) is 3.46. The molecule has 1 aliphatic carbocycles. The van der Waals surface area contributed by atoms with E-state index in [0.717, 1.165) is 67.8 Å². The van der Waals surface area contributed by atoms with E-state index in [1.807, 2.05) is 6.20 Å². The normalized spacial score (nSPS) is 20.7. The Morgan fingerprint density at radius 3 is 2.38 bits per heavy atom. The first-order chi connectivity index (χ1) is 15.5. The van der Waals surface area contributed by atoms with Crippen LogP contribution in [-0.4, -0.2) is 45.9 Å². The van der Waals surface area contributed by atoms with Crippen molar-refractivity contribution in [2.75, 3.05) is 18.0 Å². The number of aromatic nitrogens is 2. The van der Waals surface area contributed by atoms with E-state index in [4.69, 9.17) is 0 Å². The van der Waals surface area contributed by atoms with Crippen molar-refractivity contribution in [1.82, 2.24) is 14.9 Å². The van der Waals surface area contributed by atoms with E-state index in [1.54, 1.807) is 10.7 Å². The zero-order valence-electron chi connectivity index (χ0n) is 17.9. The zero-order chi connectivity index (χ0) is 22.5. The average molecular weight is 443 g/mol. The second-order valence-corrected chi connectivity index (χ2v) is 8.39. The van der Waals surface area contributed by atoms with Crippen LogP contribution in [-0.2, 0) is 0 Å². The molecular formula is C24H28F2N4O2. The molecule has 2 unspecified atom stereocenters. The van der Waals surface area contributed by atoms with Crippen molar-refractivity contribution < 1.29 is 18.7 Å². The third-order valence-corrected chi connectivity index (χ3v) is 6.01. The number of aliphatic hydroxyl groups excluding tert-OH is 1. The number of nitrogens with one attached hydrogen (secondary N) is 1. The summed E-state index contributed by atoms with van der Waals surface area (Å²) < 4.78 is 25.6. The number of halogens is 2. The molecule has 2 aliphatic rings. The Bertz CT molecular complexity index is 1030. The Morgan fingerprint density at radius 1 is 1.03 bits per heavy atom. The Morgan fingerprint density at radius 2 is 1.72 bits per heavy atom. The van der Waals surface area contributed by atoms with Gasteiger partial charge in [-0.05, 0) is 74.9 Å². The third-order valence-electron chi connectivity index (χ3n) is 6.01. The molecule has 2 fully saturated rings. The molecule has 1 saturated heterocycles. The van der Waals surface area contributed by atoms with Gasteiger partial charge >= 0.3 is 0 Å². The monoisotopic (exact) mass is 442 g/mol. The minimum atomic E-state index is -0.411. The number of benzene rings is 1. The van der Waals surface area contributed by atoms with Gasteiger partial charge in [0.15, 0.2) is 0 Å². The van der Waals surface area contributed by atoms with Crippen LogP contribution in [0, 0.1) is 11.6 Å². The Kier molecular flexibility index (Phi) is 6.99. The maximum Gasteiger partial charge on any atom is 0.255 e. The summed E-state index contributed by atoms with van der Waals surface area (Å²) in [4.78, 5) is 15.0. The van der Waals surface area contributed by atoms with Gasteiger partial charge in [-0.1, -0.05) is 0 Å². The topological polar surface area (TPSA) is 69.9 Å². The zero-order valence-corrected chi connectivity index (χ0v) is 17.9. The number of carbonyl (C=O) groups excluding carboxylic acids is 1. The highest BCUT2D eigenvalue weighted by Crippen LogP contribution is 2.24. The molecule has 2 aromatic heterocycles. The van der Waals surface area contributed by atoms with Crippen molar-refractivity contribution in [3.05, 3.63) is 66.0 Å². The number of hydrogen-bond donors (Lipinski definition) is 2. The molecule has 1 amide bonds. The highest BCUT2D eigenvalue weighted by Gasteiger charge is 2.23. The van der Waals surface area contributed by atoms with Crippen LogP contribution < -0.4 is 10.2 Å². The van der Waals surface area contributed by atoms with Crippen LogP contribution in [0.15, 0.2) is 48.8 Å². The lowest BCUT2D eigenvalue weighted by Gasteiger charge is -2.26. The maximum absolute atomic E-state index is 12.7. The Balaban J connectivity index is 0.000000260. The van der Waals surface area contributed by atoms with Gasteiger partial charge in [0.1, 0.15) is 11.6 Å².